The molecule has 0 aromatic rings. The molecule has 22 heavy (non-hydrogen) atoms. The van der Waals surface area contributed by atoms with Crippen LogP contribution in [0.25, 0.3) is 0 Å². The molecular weight excluding hydrogens is 312 g/mol. The fraction of sp³-hybridized carbons (Fsp3) is 0.900. The Bertz CT molecular complexity index is 349. The number of carboxylic acids is 1. The summed E-state index contributed by atoms with van der Waals surface area (Å²) in [6, 6.07) is 0. The van der Waals surface area contributed by atoms with Gasteiger partial charge in [0.2, 0.25) is 0 Å². The van der Waals surface area contributed by atoms with E-state index in [0.717, 1.165) is 0 Å². The second-order valence-corrected chi connectivity index (χ2v) is 4.63. The van der Waals surface area contributed by atoms with E-state index in [9.17, 15) is 35.4 Å². The third-order valence-electron chi connectivity index (χ3n) is 2.98. The van der Waals surface area contributed by atoms with Crippen LogP contribution in [-0.4, -0.2) is 117 Å². The quantitative estimate of drug-likeness (QED) is 0.176. The number of hydrogen-bond acceptors (Lipinski definition) is 11. The molecule has 8 atom stereocenters. The normalized spacial score (nSPS) is 23.2. The van der Waals surface area contributed by atoms with E-state index >= 15 is 0 Å². The monoisotopic (exact) mass is 332 g/mol. The first-order valence-corrected chi connectivity index (χ1v) is 5.97. The Kier molecular flexibility index (Phi) is 8.27. The molecule has 0 amide bonds. The van der Waals surface area contributed by atoms with Crippen molar-refractivity contribution >= 4 is 5.97 Å². The van der Waals surface area contributed by atoms with Crippen molar-refractivity contribution in [3.8, 4) is 0 Å². The first-order chi connectivity index (χ1) is 9.93. The lowest BCUT2D eigenvalue weighted by atomic mass is 9.92. The molecule has 132 valence electrons. The van der Waals surface area contributed by atoms with Gasteiger partial charge in [0.15, 0.2) is 12.4 Å². The molecule has 0 heterocycles. The van der Waals surface area contributed by atoms with Crippen LogP contribution in [-0.2, 0) is 4.79 Å². The lowest BCUT2D eigenvalue weighted by molar-refractivity contribution is -0.208. The summed E-state index contributed by atoms with van der Waals surface area (Å²) in [5, 5.41) is 100. The summed E-state index contributed by atoms with van der Waals surface area (Å²) in [5.74, 6) is -1.94. The minimum absolute atomic E-state index is 1.94. The molecule has 0 rings (SSSR count). The molecule has 0 saturated carbocycles. The van der Waals surface area contributed by atoms with Crippen molar-refractivity contribution in [3.05, 3.63) is 0 Å². The summed E-state index contributed by atoms with van der Waals surface area (Å²) < 4.78 is 0. The molecule has 0 aromatic heterocycles. The molecule has 0 spiro atoms. The number of carboxylic acid groups (broad SMARTS) is 1. The van der Waals surface area contributed by atoms with Crippen LogP contribution in [0.2, 0.25) is 0 Å². The summed E-state index contributed by atoms with van der Waals surface area (Å²) in [7, 11) is 0. The highest BCUT2D eigenvalue weighted by Crippen LogP contribution is 2.15. The van der Waals surface area contributed by atoms with E-state index in [-0.39, 0.29) is 0 Å². The number of carbonyl (C=O) groups is 1. The molecule has 0 fully saturated rings. The largest absolute Gasteiger partial charge is 0.479 e. The highest BCUT2D eigenvalue weighted by molar-refractivity contribution is 5.72. The van der Waals surface area contributed by atoms with Gasteiger partial charge in [0, 0.05) is 0 Å². The van der Waals surface area contributed by atoms with Gasteiger partial charge in [-0.3, -0.25) is 0 Å². The summed E-state index contributed by atoms with van der Waals surface area (Å²) in [5.41, 5.74) is 0. The highest BCUT2D eigenvalue weighted by Gasteiger charge is 2.42. The summed E-state index contributed by atoms with van der Waals surface area (Å²) in [6.07, 6.45) is -21.9. The molecule has 0 aromatic carbocycles. The number of aliphatic carboxylic acids is 1. The minimum atomic E-state index is -2.51. The Morgan fingerprint density at radius 1 is 0.500 bits per heavy atom. The van der Waals surface area contributed by atoms with Crippen LogP contribution in [0, 0.1) is 0 Å². The van der Waals surface area contributed by atoms with E-state index in [0.29, 0.717) is 0 Å². The van der Waals surface area contributed by atoms with Crippen molar-refractivity contribution in [1.82, 2.24) is 0 Å². The number of hydrogen-bond donors (Lipinski definition) is 11. The maximum Gasteiger partial charge on any atom is 0.335 e. The van der Waals surface area contributed by atoms with Gasteiger partial charge in [-0.2, -0.15) is 0 Å². The van der Waals surface area contributed by atoms with Crippen molar-refractivity contribution in [1.29, 1.82) is 0 Å². The lowest BCUT2D eigenvalue weighted by Crippen LogP contribution is -2.57. The number of rotatable bonds is 9. The van der Waals surface area contributed by atoms with Crippen LogP contribution in [0.15, 0.2) is 0 Å². The molecule has 0 aliphatic carbocycles. The molecule has 0 aliphatic rings. The Morgan fingerprint density at radius 2 is 0.773 bits per heavy atom. The van der Waals surface area contributed by atoms with Crippen LogP contribution in [0.3, 0.4) is 0 Å². The standard InChI is InChI=1S/C10H20O12/c11-1(3(13)5(15)7(17)9(19)20)2(12)4(14)6(16)8(18)10(21)22/h1-9,11-20H,(H,21,22). The Morgan fingerprint density at radius 3 is 1.05 bits per heavy atom. The van der Waals surface area contributed by atoms with Gasteiger partial charge >= 0.3 is 5.97 Å². The molecular formula is C10H20O12. The molecule has 0 radical (unpaired) electrons. The first kappa shape index (κ1) is 21.1. The Balaban J connectivity index is 4.89. The molecule has 0 aliphatic heterocycles. The topological polar surface area (TPSA) is 240 Å². The summed E-state index contributed by atoms with van der Waals surface area (Å²) in [4.78, 5) is 10.4. The summed E-state index contributed by atoms with van der Waals surface area (Å²) >= 11 is 0. The predicted molar refractivity (Wildman–Crippen MR) is 63.9 cm³/mol. The van der Waals surface area contributed by atoms with Crippen LogP contribution >= 0.6 is 0 Å². The van der Waals surface area contributed by atoms with E-state index in [4.69, 9.17) is 25.5 Å². The van der Waals surface area contributed by atoms with E-state index in [1.165, 1.54) is 0 Å². The van der Waals surface area contributed by atoms with Crippen molar-refractivity contribution in [2.45, 2.75) is 55.1 Å². The van der Waals surface area contributed by atoms with Gasteiger partial charge < -0.3 is 56.2 Å². The Hall–Kier alpha value is -0.930. The zero-order valence-electron chi connectivity index (χ0n) is 11.0. The van der Waals surface area contributed by atoms with Crippen LogP contribution < -0.4 is 0 Å². The average Bonchev–Trinajstić information content (AvgIpc) is 2.48. The van der Waals surface area contributed by atoms with E-state index in [1.807, 2.05) is 0 Å². The van der Waals surface area contributed by atoms with Crippen molar-refractivity contribution in [2.75, 3.05) is 0 Å². The molecule has 12 heteroatoms. The van der Waals surface area contributed by atoms with Crippen molar-refractivity contribution < 1.29 is 61.0 Å². The maximum absolute atomic E-state index is 10.4. The van der Waals surface area contributed by atoms with Crippen molar-refractivity contribution in [3.63, 3.8) is 0 Å². The van der Waals surface area contributed by atoms with Gasteiger partial charge in [-0.25, -0.2) is 4.79 Å². The third kappa shape index (κ3) is 5.06. The Labute approximate surface area is 123 Å². The molecule has 8 unspecified atom stereocenters. The first-order valence-electron chi connectivity index (χ1n) is 5.97. The van der Waals surface area contributed by atoms with Gasteiger partial charge in [-0.05, 0) is 0 Å². The van der Waals surface area contributed by atoms with Gasteiger partial charge in [-0.1, -0.05) is 0 Å². The van der Waals surface area contributed by atoms with Gasteiger partial charge in [0.1, 0.15) is 42.7 Å². The fourth-order valence-electron chi connectivity index (χ4n) is 1.52. The van der Waals surface area contributed by atoms with E-state index in [2.05, 4.69) is 0 Å². The molecule has 12 nitrogen and oxygen atoms in total. The second kappa shape index (κ2) is 8.64. The molecule has 0 bridgehead atoms. The van der Waals surface area contributed by atoms with Crippen LogP contribution in [0.4, 0.5) is 0 Å². The predicted octanol–water partition coefficient (Wildman–Crippen LogP) is -6.73. The SMILES string of the molecule is O=C(O)C(O)C(O)C(O)C(O)C(O)C(O)C(O)C(O)C(O)O. The lowest BCUT2D eigenvalue weighted by Gasteiger charge is -2.33. The zero-order valence-corrected chi connectivity index (χ0v) is 11.0. The number of aliphatic hydroxyl groups excluding tert-OH is 9. The smallest absolute Gasteiger partial charge is 0.335 e. The maximum atomic E-state index is 10.4. The van der Waals surface area contributed by atoms with Gasteiger partial charge in [0.05, 0.1) is 0 Å². The fourth-order valence-corrected chi connectivity index (χ4v) is 1.52. The van der Waals surface area contributed by atoms with E-state index < -0.39 is 61.1 Å². The third-order valence-corrected chi connectivity index (χ3v) is 2.98. The van der Waals surface area contributed by atoms with Gasteiger partial charge in [-0.15, -0.1) is 0 Å². The molecule has 0 saturated heterocycles. The highest BCUT2D eigenvalue weighted by atomic mass is 16.5. The number of aliphatic hydroxyl groups is 10. The molecule has 11 N–H and O–H groups in total. The van der Waals surface area contributed by atoms with Crippen molar-refractivity contribution in [2.24, 2.45) is 0 Å². The second-order valence-electron chi connectivity index (χ2n) is 4.63. The van der Waals surface area contributed by atoms with Gasteiger partial charge in [0.25, 0.3) is 0 Å². The average molecular weight is 332 g/mol. The zero-order chi connectivity index (χ0) is 17.8. The minimum Gasteiger partial charge on any atom is -0.479 e. The van der Waals surface area contributed by atoms with Crippen LogP contribution in [0.5, 0.6) is 0 Å². The summed E-state index contributed by atoms with van der Waals surface area (Å²) in [6.45, 7) is 0. The van der Waals surface area contributed by atoms with E-state index in [1.54, 1.807) is 0 Å². The van der Waals surface area contributed by atoms with Crippen LogP contribution in [0.1, 0.15) is 0 Å².